The van der Waals surface area contributed by atoms with Crippen LogP contribution in [0.3, 0.4) is 0 Å². The van der Waals surface area contributed by atoms with E-state index >= 15 is 0 Å². The van der Waals surface area contributed by atoms with Gasteiger partial charge in [0.1, 0.15) is 25.0 Å². The molecule has 7 heteroatoms. The van der Waals surface area contributed by atoms with Gasteiger partial charge in [0.2, 0.25) is 5.95 Å². The predicted octanol–water partition coefficient (Wildman–Crippen LogP) is 3.26. The van der Waals surface area contributed by atoms with E-state index in [1.165, 1.54) is 37.7 Å². The largest absolute Gasteiger partial charge is 0.490 e. The molecule has 2 aromatic rings. The number of rotatable bonds is 6. The minimum atomic E-state index is -0.824. The summed E-state index contributed by atoms with van der Waals surface area (Å²) in [4.78, 5) is 17.6. The smallest absolute Gasteiger partial charge is 0.228 e. The predicted molar refractivity (Wildman–Crippen MR) is 124 cm³/mol. The lowest BCUT2D eigenvalue weighted by Crippen LogP contribution is -2.56. The summed E-state index contributed by atoms with van der Waals surface area (Å²) in [5, 5.41) is 10.0. The fourth-order valence-corrected chi connectivity index (χ4v) is 5.86. The highest BCUT2D eigenvalue weighted by atomic mass is 16.5. The molecule has 7 nitrogen and oxygen atoms in total. The fraction of sp³-hybridized carbons (Fsp3) is 0.640. The Bertz CT molecular complexity index is 902. The van der Waals surface area contributed by atoms with Crippen molar-refractivity contribution in [1.29, 1.82) is 0 Å². The van der Waals surface area contributed by atoms with Crippen molar-refractivity contribution in [3.05, 3.63) is 42.5 Å². The van der Waals surface area contributed by atoms with Crippen LogP contribution in [0.2, 0.25) is 0 Å². The number of aromatic nitrogens is 3. The van der Waals surface area contributed by atoms with E-state index < -0.39 is 5.60 Å². The monoisotopic (exact) mass is 437 g/mol. The topological polar surface area (TPSA) is 74.6 Å². The summed E-state index contributed by atoms with van der Waals surface area (Å²) in [5.74, 6) is 2.28. The molecular weight excluding hydrogens is 402 g/mol. The molecule has 172 valence electrons. The molecule has 3 heterocycles. The van der Waals surface area contributed by atoms with Crippen LogP contribution in [0.1, 0.15) is 57.4 Å². The van der Waals surface area contributed by atoms with Crippen LogP contribution < -0.4 is 9.64 Å². The summed E-state index contributed by atoms with van der Waals surface area (Å²) < 4.78 is 6.00. The van der Waals surface area contributed by atoms with Gasteiger partial charge in [0.25, 0.3) is 0 Å². The Kier molecular flexibility index (Phi) is 5.80. The lowest BCUT2D eigenvalue weighted by molar-refractivity contribution is 0.0278. The van der Waals surface area contributed by atoms with Gasteiger partial charge in [-0.25, -0.2) is 15.0 Å². The molecule has 0 bridgehead atoms. The number of hydrogen-bond acceptors (Lipinski definition) is 7. The van der Waals surface area contributed by atoms with Gasteiger partial charge in [0, 0.05) is 24.5 Å². The highest BCUT2D eigenvalue weighted by molar-refractivity contribution is 5.37. The summed E-state index contributed by atoms with van der Waals surface area (Å²) in [5.41, 5.74) is 0.924. The van der Waals surface area contributed by atoms with Crippen LogP contribution in [0, 0.1) is 5.41 Å². The molecule has 2 saturated heterocycles. The maximum Gasteiger partial charge on any atom is 0.228 e. The zero-order chi connectivity index (χ0) is 22.2. The van der Waals surface area contributed by atoms with Gasteiger partial charge in [0.05, 0.1) is 5.60 Å². The summed E-state index contributed by atoms with van der Waals surface area (Å²) in [6, 6.07) is 9.08. The van der Waals surface area contributed by atoms with Crippen molar-refractivity contribution in [2.45, 2.75) is 63.5 Å². The Hall–Kier alpha value is -2.25. The van der Waals surface area contributed by atoms with E-state index in [2.05, 4.69) is 36.9 Å². The number of hydrogen-bond donors (Lipinski definition) is 1. The maximum absolute atomic E-state index is 10.0. The molecule has 1 saturated carbocycles. The lowest BCUT2D eigenvalue weighted by atomic mass is 9.78. The Morgan fingerprint density at radius 3 is 2.53 bits per heavy atom. The van der Waals surface area contributed by atoms with Crippen molar-refractivity contribution in [3.63, 3.8) is 0 Å². The van der Waals surface area contributed by atoms with Crippen LogP contribution in [0.5, 0.6) is 5.75 Å². The van der Waals surface area contributed by atoms with Gasteiger partial charge in [-0.3, -0.25) is 0 Å². The number of anilines is 1. The normalized spacial score (nSPS) is 24.0. The quantitative estimate of drug-likeness (QED) is 0.743. The average Bonchev–Trinajstić information content (AvgIpc) is 3.23. The third-order valence-electron chi connectivity index (χ3n) is 7.48. The second kappa shape index (κ2) is 8.60. The van der Waals surface area contributed by atoms with Crippen molar-refractivity contribution in [2.24, 2.45) is 5.41 Å². The molecule has 1 N–H and O–H groups in total. The van der Waals surface area contributed by atoms with Gasteiger partial charge in [0.15, 0.2) is 0 Å². The first-order valence-electron chi connectivity index (χ1n) is 12.0. The van der Waals surface area contributed by atoms with Crippen LogP contribution in [-0.2, 0) is 0 Å². The molecule has 0 radical (unpaired) electrons. The second-order valence-corrected chi connectivity index (χ2v) is 10.6. The van der Waals surface area contributed by atoms with Crippen molar-refractivity contribution in [3.8, 4) is 5.75 Å². The number of piperidine rings is 1. The first-order chi connectivity index (χ1) is 15.4. The average molecular weight is 438 g/mol. The first kappa shape index (κ1) is 21.6. The standard InChI is InChI=1S/C25H35N5O2/c1-24(2,31)16-32-22-6-4-3-5-21(22)19-8-11-29(12-9-19)20-7-10-25(13-20)14-30(15-25)23-27-17-26-18-28-23/h3-6,17-20,31H,7-16H2,1-2H3. The van der Waals surface area contributed by atoms with Gasteiger partial charge in [-0.1, -0.05) is 18.2 Å². The van der Waals surface area contributed by atoms with Gasteiger partial charge in [-0.05, 0) is 76.6 Å². The molecule has 3 fully saturated rings. The van der Waals surface area contributed by atoms with Crippen molar-refractivity contribution >= 4 is 5.95 Å². The second-order valence-electron chi connectivity index (χ2n) is 10.6. The number of benzene rings is 1. The number of aliphatic hydroxyl groups is 1. The van der Waals surface area contributed by atoms with Crippen LogP contribution in [-0.4, -0.2) is 69.4 Å². The fourth-order valence-electron chi connectivity index (χ4n) is 5.86. The zero-order valence-corrected chi connectivity index (χ0v) is 19.3. The van der Waals surface area contributed by atoms with E-state index in [9.17, 15) is 5.11 Å². The van der Waals surface area contributed by atoms with Crippen molar-refractivity contribution in [2.75, 3.05) is 37.7 Å². The zero-order valence-electron chi connectivity index (χ0n) is 19.3. The minimum absolute atomic E-state index is 0.314. The number of para-hydroxylation sites is 1. The van der Waals surface area contributed by atoms with Crippen LogP contribution >= 0.6 is 0 Å². The highest BCUT2D eigenvalue weighted by Gasteiger charge is 2.50. The Morgan fingerprint density at radius 1 is 1.09 bits per heavy atom. The molecule has 1 atom stereocenters. The van der Waals surface area contributed by atoms with E-state index in [1.54, 1.807) is 26.5 Å². The summed E-state index contributed by atoms with van der Waals surface area (Å²) >= 11 is 0. The summed E-state index contributed by atoms with van der Waals surface area (Å²) in [6.45, 7) is 8.35. The van der Waals surface area contributed by atoms with Gasteiger partial charge in [-0.15, -0.1) is 0 Å². The van der Waals surface area contributed by atoms with Crippen LogP contribution in [0.25, 0.3) is 0 Å². The van der Waals surface area contributed by atoms with Crippen LogP contribution in [0.15, 0.2) is 36.9 Å². The molecule has 5 rings (SSSR count). The van der Waals surface area contributed by atoms with E-state index in [0.29, 0.717) is 24.0 Å². The molecule has 3 aliphatic rings. The molecule has 2 aliphatic heterocycles. The Labute approximate surface area is 190 Å². The highest BCUT2D eigenvalue weighted by Crippen LogP contribution is 2.48. The van der Waals surface area contributed by atoms with Crippen LogP contribution in [0.4, 0.5) is 5.95 Å². The van der Waals surface area contributed by atoms with E-state index in [1.807, 2.05) is 12.1 Å². The van der Waals surface area contributed by atoms with Gasteiger partial charge in [-0.2, -0.15) is 0 Å². The van der Waals surface area contributed by atoms with E-state index in [-0.39, 0.29) is 0 Å². The number of nitrogens with zero attached hydrogens (tertiary/aromatic N) is 5. The van der Waals surface area contributed by atoms with Gasteiger partial charge < -0.3 is 19.6 Å². The molecule has 1 aromatic heterocycles. The molecule has 1 spiro atoms. The third-order valence-corrected chi connectivity index (χ3v) is 7.48. The molecule has 0 amide bonds. The molecule has 1 unspecified atom stereocenters. The minimum Gasteiger partial charge on any atom is -0.490 e. The summed E-state index contributed by atoms with van der Waals surface area (Å²) in [7, 11) is 0. The SMILES string of the molecule is CC(C)(O)COc1ccccc1C1CCN(C2CCC3(C2)CN(c2ncncn2)C3)CC1. The number of ether oxygens (including phenoxy) is 1. The number of likely N-dealkylation sites (tertiary alicyclic amines) is 1. The Morgan fingerprint density at radius 2 is 1.81 bits per heavy atom. The van der Waals surface area contributed by atoms with E-state index in [4.69, 9.17) is 4.74 Å². The molecular formula is C25H35N5O2. The summed E-state index contributed by atoms with van der Waals surface area (Å²) in [6.07, 6.45) is 9.43. The van der Waals surface area contributed by atoms with Crippen molar-refractivity contribution < 1.29 is 9.84 Å². The molecule has 1 aliphatic carbocycles. The van der Waals surface area contributed by atoms with E-state index in [0.717, 1.165) is 37.9 Å². The van der Waals surface area contributed by atoms with Gasteiger partial charge >= 0.3 is 0 Å². The molecule has 32 heavy (non-hydrogen) atoms. The lowest BCUT2D eigenvalue weighted by Gasteiger charge is -2.49. The first-order valence-corrected chi connectivity index (χ1v) is 12.0. The third kappa shape index (κ3) is 4.59. The Balaban J connectivity index is 1.14. The van der Waals surface area contributed by atoms with Crippen molar-refractivity contribution in [1.82, 2.24) is 19.9 Å². The maximum atomic E-state index is 10.0. The molecule has 1 aromatic carbocycles.